The van der Waals surface area contributed by atoms with E-state index in [1.807, 2.05) is 0 Å². The summed E-state index contributed by atoms with van der Waals surface area (Å²) in [6.07, 6.45) is 2.10. The van der Waals surface area contributed by atoms with Crippen molar-refractivity contribution in [1.29, 1.82) is 0 Å². The number of rotatable bonds is 2. The van der Waals surface area contributed by atoms with Gasteiger partial charge in [-0.3, -0.25) is 5.32 Å². The zero-order chi connectivity index (χ0) is 12.2. The minimum atomic E-state index is -0.600. The number of amides is 1. The third-order valence-corrected chi connectivity index (χ3v) is 1.58. The second-order valence-corrected chi connectivity index (χ2v) is 4.17. The van der Waals surface area contributed by atoms with E-state index < -0.39 is 11.7 Å². The van der Waals surface area contributed by atoms with Crippen molar-refractivity contribution < 1.29 is 14.6 Å². The van der Waals surface area contributed by atoms with Crippen LogP contribution in [0.5, 0.6) is 0 Å². The van der Waals surface area contributed by atoms with Crippen LogP contribution in [0.3, 0.4) is 0 Å². The van der Waals surface area contributed by atoms with Gasteiger partial charge >= 0.3 is 6.09 Å². The highest BCUT2D eigenvalue weighted by Gasteiger charge is 2.17. The van der Waals surface area contributed by atoms with Crippen LogP contribution in [0.1, 0.15) is 26.5 Å². The highest BCUT2D eigenvalue weighted by molar-refractivity contribution is 5.85. The number of nitrogens with one attached hydrogen (secondary N) is 1. The van der Waals surface area contributed by atoms with Crippen molar-refractivity contribution in [2.45, 2.75) is 33.0 Å². The fourth-order valence-corrected chi connectivity index (χ4v) is 0.999. The fourth-order valence-electron chi connectivity index (χ4n) is 0.999. The van der Waals surface area contributed by atoms with Gasteiger partial charge in [0.05, 0.1) is 24.2 Å². The molecule has 1 rings (SSSR count). The van der Waals surface area contributed by atoms with Gasteiger partial charge in [-0.1, -0.05) is 0 Å². The smallest absolute Gasteiger partial charge is 0.412 e. The number of carbonyl (C=O) groups is 1. The third kappa shape index (κ3) is 3.82. The number of carbonyl (C=O) groups excluding carboxylic acids is 1. The van der Waals surface area contributed by atoms with Crippen LogP contribution in [0.25, 0.3) is 0 Å². The highest BCUT2D eigenvalue weighted by Crippen LogP contribution is 2.13. The first-order chi connectivity index (χ1) is 7.42. The molecule has 2 N–H and O–H groups in total. The molecule has 0 saturated heterocycles. The predicted molar refractivity (Wildman–Crippen MR) is 57.8 cm³/mol. The number of ether oxygens (including phenoxy) is 1. The van der Waals surface area contributed by atoms with Gasteiger partial charge in [-0.05, 0) is 20.8 Å². The van der Waals surface area contributed by atoms with Gasteiger partial charge in [0, 0.05) is 0 Å². The van der Waals surface area contributed by atoms with Crippen molar-refractivity contribution in [2.24, 2.45) is 0 Å². The molecule has 0 bridgehead atoms. The minimum absolute atomic E-state index is 0.270. The van der Waals surface area contributed by atoms with Crippen LogP contribution >= 0.6 is 0 Å². The molecule has 1 aromatic rings. The van der Waals surface area contributed by atoms with Gasteiger partial charge in [0.1, 0.15) is 11.9 Å². The number of hydrogen-bond donors (Lipinski definition) is 2. The van der Waals surface area contributed by atoms with Crippen molar-refractivity contribution in [1.82, 2.24) is 9.97 Å². The van der Waals surface area contributed by atoms with Gasteiger partial charge in [0.15, 0.2) is 0 Å². The van der Waals surface area contributed by atoms with Crippen LogP contribution in [-0.4, -0.2) is 26.8 Å². The summed E-state index contributed by atoms with van der Waals surface area (Å²) in [6, 6.07) is 0. The van der Waals surface area contributed by atoms with E-state index in [2.05, 4.69) is 15.3 Å². The van der Waals surface area contributed by atoms with Gasteiger partial charge in [0.25, 0.3) is 0 Å². The fraction of sp³-hybridized carbons (Fsp3) is 0.500. The van der Waals surface area contributed by atoms with E-state index in [-0.39, 0.29) is 6.61 Å². The number of hydrogen-bond acceptors (Lipinski definition) is 5. The van der Waals surface area contributed by atoms with E-state index in [4.69, 9.17) is 9.84 Å². The highest BCUT2D eigenvalue weighted by atomic mass is 16.6. The van der Waals surface area contributed by atoms with E-state index in [9.17, 15) is 4.79 Å². The van der Waals surface area contributed by atoms with Crippen LogP contribution in [0, 0.1) is 0 Å². The number of anilines is 1. The molecule has 0 radical (unpaired) electrons. The van der Waals surface area contributed by atoms with Crippen molar-refractivity contribution in [3.8, 4) is 0 Å². The zero-order valence-corrected chi connectivity index (χ0v) is 9.52. The maximum absolute atomic E-state index is 11.4. The van der Waals surface area contributed by atoms with Gasteiger partial charge in [-0.25, -0.2) is 14.8 Å². The summed E-state index contributed by atoms with van der Waals surface area (Å²) in [7, 11) is 0. The number of aliphatic hydroxyl groups excluding tert-OH is 1. The standard InChI is InChI=1S/C10H15N3O3/c1-10(2,3)16-9(15)13-7-4-11-6-12-8(7)5-14/h4,6,14H,5H2,1-3H3,(H,13,15). The molecule has 1 amide bonds. The number of nitrogens with zero attached hydrogens (tertiary/aromatic N) is 2. The van der Waals surface area contributed by atoms with Gasteiger partial charge < -0.3 is 9.84 Å². The SMILES string of the molecule is CC(C)(C)OC(=O)Nc1cncnc1CO. The van der Waals surface area contributed by atoms with E-state index in [0.717, 1.165) is 0 Å². The first-order valence-corrected chi connectivity index (χ1v) is 4.82. The van der Waals surface area contributed by atoms with Crippen molar-refractivity contribution in [3.05, 3.63) is 18.2 Å². The third-order valence-electron chi connectivity index (χ3n) is 1.58. The Morgan fingerprint density at radius 2 is 2.25 bits per heavy atom. The Morgan fingerprint density at radius 3 is 2.81 bits per heavy atom. The Bertz CT molecular complexity index is 374. The summed E-state index contributed by atoms with van der Waals surface area (Å²) in [6.45, 7) is 5.02. The van der Waals surface area contributed by atoms with E-state index >= 15 is 0 Å². The molecule has 1 aromatic heterocycles. The van der Waals surface area contributed by atoms with Gasteiger partial charge in [-0.2, -0.15) is 0 Å². The first-order valence-electron chi connectivity index (χ1n) is 4.82. The molecule has 0 atom stereocenters. The molecule has 88 valence electrons. The molecular formula is C10H15N3O3. The van der Waals surface area contributed by atoms with Crippen LogP contribution < -0.4 is 5.32 Å². The Labute approximate surface area is 93.7 Å². The summed E-state index contributed by atoms with van der Waals surface area (Å²) in [4.78, 5) is 19.0. The topological polar surface area (TPSA) is 84.3 Å². The predicted octanol–water partition coefficient (Wildman–Crippen LogP) is 1.32. The molecule has 0 fully saturated rings. The van der Waals surface area contributed by atoms with Crippen LogP contribution in [0.15, 0.2) is 12.5 Å². The van der Waals surface area contributed by atoms with E-state index in [1.165, 1.54) is 12.5 Å². The largest absolute Gasteiger partial charge is 0.444 e. The lowest BCUT2D eigenvalue weighted by Crippen LogP contribution is -2.27. The zero-order valence-electron chi connectivity index (χ0n) is 9.52. The Kier molecular flexibility index (Phi) is 3.78. The second-order valence-electron chi connectivity index (χ2n) is 4.17. The summed E-state index contributed by atoms with van der Waals surface area (Å²) in [5.41, 5.74) is 0.124. The summed E-state index contributed by atoms with van der Waals surface area (Å²) in [5, 5.41) is 11.5. The van der Waals surface area contributed by atoms with Crippen molar-refractivity contribution in [2.75, 3.05) is 5.32 Å². The molecule has 0 aromatic carbocycles. The molecule has 0 aliphatic rings. The molecule has 6 heteroatoms. The molecular weight excluding hydrogens is 210 g/mol. The monoisotopic (exact) mass is 225 g/mol. The maximum Gasteiger partial charge on any atom is 0.412 e. The molecule has 0 saturated carbocycles. The van der Waals surface area contributed by atoms with E-state index in [0.29, 0.717) is 11.4 Å². The second kappa shape index (κ2) is 4.89. The molecule has 16 heavy (non-hydrogen) atoms. The quantitative estimate of drug-likeness (QED) is 0.792. The molecule has 0 aliphatic carbocycles. The van der Waals surface area contributed by atoms with Crippen LogP contribution in [0.4, 0.5) is 10.5 Å². The molecule has 0 unspecified atom stereocenters. The average Bonchev–Trinajstić information content (AvgIpc) is 2.15. The van der Waals surface area contributed by atoms with Crippen LogP contribution in [-0.2, 0) is 11.3 Å². The van der Waals surface area contributed by atoms with Gasteiger partial charge in [-0.15, -0.1) is 0 Å². The molecule has 1 heterocycles. The lowest BCUT2D eigenvalue weighted by atomic mass is 10.2. The Balaban J connectivity index is 2.70. The van der Waals surface area contributed by atoms with Gasteiger partial charge in [0.2, 0.25) is 0 Å². The summed E-state index contributed by atoms with van der Waals surface area (Å²) < 4.78 is 5.05. The summed E-state index contributed by atoms with van der Waals surface area (Å²) in [5.74, 6) is 0. The lowest BCUT2D eigenvalue weighted by Gasteiger charge is -2.19. The normalized spacial score (nSPS) is 11.0. The Morgan fingerprint density at radius 1 is 1.56 bits per heavy atom. The number of aromatic nitrogens is 2. The first kappa shape index (κ1) is 12.4. The number of aliphatic hydroxyl groups is 1. The minimum Gasteiger partial charge on any atom is -0.444 e. The van der Waals surface area contributed by atoms with Crippen molar-refractivity contribution in [3.63, 3.8) is 0 Å². The maximum atomic E-state index is 11.4. The molecule has 0 aliphatic heterocycles. The van der Waals surface area contributed by atoms with E-state index in [1.54, 1.807) is 20.8 Å². The average molecular weight is 225 g/mol. The lowest BCUT2D eigenvalue weighted by molar-refractivity contribution is 0.0635. The summed E-state index contributed by atoms with van der Waals surface area (Å²) >= 11 is 0. The molecule has 0 spiro atoms. The molecule has 6 nitrogen and oxygen atoms in total. The van der Waals surface area contributed by atoms with Crippen LogP contribution in [0.2, 0.25) is 0 Å². The van der Waals surface area contributed by atoms with Crippen molar-refractivity contribution >= 4 is 11.8 Å². The Hall–Kier alpha value is -1.69.